The summed E-state index contributed by atoms with van der Waals surface area (Å²) < 4.78 is 19.8. The molecule has 0 fully saturated rings. The first kappa shape index (κ1) is 5.95. The third kappa shape index (κ3) is 3.95. The standard InChI is InChI=1S/C3H6O2S/c1-3-6(2,4)5/h1H,3H2,2H3. The molecular weight excluding hydrogens is 100 g/mol. The Kier molecular flexibility index (Phi) is 1.59. The van der Waals surface area contributed by atoms with E-state index in [2.05, 4.69) is 0 Å². The fourth-order valence-corrected chi connectivity index (χ4v) is 0. The van der Waals surface area contributed by atoms with Crippen molar-refractivity contribution in [3.8, 4) is 0 Å². The Balaban J connectivity index is 3.85. The topological polar surface area (TPSA) is 34.1 Å². The molecule has 0 unspecified atom stereocenters. The number of sulfone groups is 1. The van der Waals surface area contributed by atoms with Gasteiger partial charge in [0.05, 0.1) is 5.75 Å². The maximum Gasteiger partial charge on any atom is 0.147 e. The molecule has 0 aromatic rings. The first-order valence-corrected chi connectivity index (χ1v) is 3.50. The highest BCUT2D eigenvalue weighted by Crippen LogP contribution is 1.74. The van der Waals surface area contributed by atoms with Crippen LogP contribution in [0.25, 0.3) is 0 Å². The van der Waals surface area contributed by atoms with Crippen molar-refractivity contribution in [1.29, 1.82) is 0 Å². The van der Waals surface area contributed by atoms with Crippen molar-refractivity contribution in [2.75, 3.05) is 12.0 Å². The number of rotatable bonds is 1. The largest absolute Gasteiger partial charge is 0.229 e. The molecule has 3 heteroatoms. The minimum atomic E-state index is -2.88. The highest BCUT2D eigenvalue weighted by atomic mass is 32.2. The Labute approximate surface area is 38.1 Å². The van der Waals surface area contributed by atoms with Crippen molar-refractivity contribution in [3.05, 3.63) is 6.92 Å². The molecule has 0 heterocycles. The van der Waals surface area contributed by atoms with Crippen LogP contribution < -0.4 is 0 Å². The summed E-state index contributed by atoms with van der Waals surface area (Å²) >= 11 is 0. The third-order valence-corrected chi connectivity index (χ3v) is 0.908. The lowest BCUT2D eigenvalue weighted by atomic mass is 11.0. The zero-order valence-electron chi connectivity index (χ0n) is 3.51. The maximum atomic E-state index is 9.88. The van der Waals surface area contributed by atoms with Gasteiger partial charge < -0.3 is 0 Å². The molecule has 0 aliphatic heterocycles. The normalized spacial score (nSPS) is 11.7. The molecule has 0 rings (SSSR count). The lowest BCUT2D eigenvalue weighted by molar-refractivity contribution is 0.604. The Morgan fingerprint density at radius 2 is 1.83 bits per heavy atom. The van der Waals surface area contributed by atoms with Gasteiger partial charge in [0.15, 0.2) is 0 Å². The molecule has 6 heavy (non-hydrogen) atoms. The zero-order valence-corrected chi connectivity index (χ0v) is 4.33. The van der Waals surface area contributed by atoms with Crippen LogP contribution in [0.1, 0.15) is 0 Å². The van der Waals surface area contributed by atoms with E-state index >= 15 is 0 Å². The molecule has 0 aliphatic carbocycles. The number of hydrogen-bond donors (Lipinski definition) is 0. The van der Waals surface area contributed by atoms with Crippen LogP contribution >= 0.6 is 0 Å². The average molecular weight is 106 g/mol. The van der Waals surface area contributed by atoms with Gasteiger partial charge in [0.1, 0.15) is 9.84 Å². The monoisotopic (exact) mass is 106 g/mol. The van der Waals surface area contributed by atoms with Gasteiger partial charge in [0.2, 0.25) is 0 Å². The van der Waals surface area contributed by atoms with Crippen LogP contribution in [0.3, 0.4) is 0 Å². The molecule has 0 aromatic carbocycles. The molecule has 2 radical (unpaired) electrons. The minimum Gasteiger partial charge on any atom is -0.229 e. The molecule has 0 aliphatic rings. The maximum absolute atomic E-state index is 9.88. The summed E-state index contributed by atoms with van der Waals surface area (Å²) in [6.07, 6.45) is 1.09. The molecule has 0 atom stereocenters. The van der Waals surface area contributed by atoms with Gasteiger partial charge in [-0.1, -0.05) is 0 Å². The fourth-order valence-electron chi connectivity index (χ4n) is 0. The van der Waals surface area contributed by atoms with Gasteiger partial charge in [-0.15, -0.1) is 0 Å². The van der Waals surface area contributed by atoms with Crippen molar-refractivity contribution in [2.24, 2.45) is 0 Å². The van der Waals surface area contributed by atoms with Crippen LogP contribution in [0.15, 0.2) is 0 Å². The van der Waals surface area contributed by atoms with Gasteiger partial charge in [-0.05, 0) is 6.92 Å². The molecular formula is C3H6O2S. The van der Waals surface area contributed by atoms with Crippen LogP contribution in [0.5, 0.6) is 0 Å². The quantitative estimate of drug-likeness (QED) is 0.461. The highest BCUT2D eigenvalue weighted by molar-refractivity contribution is 7.90. The van der Waals surface area contributed by atoms with E-state index in [0.717, 1.165) is 6.26 Å². The summed E-state index contributed by atoms with van der Waals surface area (Å²) in [5.41, 5.74) is 0. The third-order valence-electron chi connectivity index (χ3n) is 0.303. The summed E-state index contributed by atoms with van der Waals surface area (Å²) in [6, 6.07) is 0. The predicted molar refractivity (Wildman–Crippen MR) is 24.0 cm³/mol. The lowest BCUT2D eigenvalue weighted by Gasteiger charge is -1.80. The average Bonchev–Trinajstić information content (AvgIpc) is 1.35. The second-order valence-electron chi connectivity index (χ2n) is 1.09. The van der Waals surface area contributed by atoms with Crippen LogP contribution in [-0.2, 0) is 9.84 Å². The van der Waals surface area contributed by atoms with E-state index < -0.39 is 9.84 Å². The van der Waals surface area contributed by atoms with Gasteiger partial charge in [-0.2, -0.15) is 0 Å². The summed E-state index contributed by atoms with van der Waals surface area (Å²) in [5, 5.41) is 0. The molecule has 0 saturated carbocycles. The first-order chi connectivity index (χ1) is 2.56. The van der Waals surface area contributed by atoms with Crippen LogP contribution in [0.2, 0.25) is 0 Å². The summed E-state index contributed by atoms with van der Waals surface area (Å²) in [7, 11) is -2.88. The molecule has 0 N–H and O–H groups in total. The van der Waals surface area contributed by atoms with Gasteiger partial charge in [0, 0.05) is 6.26 Å². The molecule has 0 saturated heterocycles. The first-order valence-electron chi connectivity index (χ1n) is 1.44. The van der Waals surface area contributed by atoms with Crippen molar-refractivity contribution < 1.29 is 8.42 Å². The van der Waals surface area contributed by atoms with Crippen LogP contribution in [0, 0.1) is 6.92 Å². The summed E-state index contributed by atoms with van der Waals surface area (Å²) in [5.74, 6) is -0.257. The minimum absolute atomic E-state index is 0.257. The van der Waals surface area contributed by atoms with E-state index in [1.807, 2.05) is 0 Å². The van der Waals surface area contributed by atoms with E-state index in [0.29, 0.717) is 0 Å². The molecule has 0 bridgehead atoms. The van der Waals surface area contributed by atoms with Crippen molar-refractivity contribution in [2.45, 2.75) is 0 Å². The summed E-state index contributed by atoms with van der Waals surface area (Å²) in [6.45, 7) is 4.72. The zero-order chi connectivity index (χ0) is 5.21. The Bertz CT molecular complexity index is 111. The van der Waals surface area contributed by atoms with Gasteiger partial charge in [-0.25, -0.2) is 8.42 Å². The lowest BCUT2D eigenvalue weighted by Crippen LogP contribution is -1.97. The molecule has 2 nitrogen and oxygen atoms in total. The smallest absolute Gasteiger partial charge is 0.147 e. The van der Waals surface area contributed by atoms with E-state index in [-0.39, 0.29) is 5.75 Å². The second kappa shape index (κ2) is 1.60. The predicted octanol–water partition coefficient (Wildman–Crippen LogP) is -0.258. The van der Waals surface area contributed by atoms with E-state index in [1.165, 1.54) is 0 Å². The Morgan fingerprint density at radius 1 is 1.67 bits per heavy atom. The second-order valence-corrected chi connectivity index (χ2v) is 3.28. The van der Waals surface area contributed by atoms with Gasteiger partial charge in [-0.3, -0.25) is 0 Å². The Morgan fingerprint density at radius 3 is 1.83 bits per heavy atom. The molecule has 0 aromatic heterocycles. The molecule has 36 valence electrons. The van der Waals surface area contributed by atoms with E-state index in [1.54, 1.807) is 0 Å². The van der Waals surface area contributed by atoms with Crippen molar-refractivity contribution >= 4 is 9.84 Å². The highest BCUT2D eigenvalue weighted by Gasteiger charge is 1.91. The molecule has 0 amide bonds. The van der Waals surface area contributed by atoms with Gasteiger partial charge >= 0.3 is 0 Å². The van der Waals surface area contributed by atoms with Crippen molar-refractivity contribution in [3.63, 3.8) is 0 Å². The van der Waals surface area contributed by atoms with Gasteiger partial charge in [0.25, 0.3) is 0 Å². The van der Waals surface area contributed by atoms with E-state index in [4.69, 9.17) is 6.92 Å². The van der Waals surface area contributed by atoms with Crippen molar-refractivity contribution in [1.82, 2.24) is 0 Å². The fraction of sp³-hybridized carbons (Fsp3) is 0.667. The van der Waals surface area contributed by atoms with Crippen LogP contribution in [0.4, 0.5) is 0 Å². The Hall–Kier alpha value is -0.0500. The SMILES string of the molecule is [CH]CS(C)(=O)=O. The van der Waals surface area contributed by atoms with Crippen LogP contribution in [-0.4, -0.2) is 20.4 Å². The summed E-state index contributed by atoms with van der Waals surface area (Å²) in [4.78, 5) is 0. The van der Waals surface area contributed by atoms with E-state index in [9.17, 15) is 8.42 Å². The number of hydrogen-bond acceptors (Lipinski definition) is 2. The molecule has 0 spiro atoms.